The van der Waals surface area contributed by atoms with Crippen LogP contribution in [0.4, 0.5) is 5.13 Å². The molecule has 0 atom stereocenters. The van der Waals surface area contributed by atoms with Gasteiger partial charge in [0.05, 0.1) is 27.5 Å². The zero-order valence-corrected chi connectivity index (χ0v) is 20.3. The van der Waals surface area contributed by atoms with Crippen molar-refractivity contribution < 1.29 is 17.9 Å². The van der Waals surface area contributed by atoms with Gasteiger partial charge in [-0.25, -0.2) is 13.4 Å². The monoisotopic (exact) mass is 493 g/mol. The first-order chi connectivity index (χ1) is 15.3. The SMILES string of the molecule is COc1ccc(Cl)c2sc(N3CCN(C(=O)CCS(=O)(=O)c4ccc(C)cc4)CC3)nc12. The van der Waals surface area contributed by atoms with Crippen molar-refractivity contribution >= 4 is 54.0 Å². The van der Waals surface area contributed by atoms with Crippen LogP contribution in [0.5, 0.6) is 5.75 Å². The van der Waals surface area contributed by atoms with Crippen molar-refractivity contribution in [2.45, 2.75) is 18.2 Å². The van der Waals surface area contributed by atoms with Gasteiger partial charge in [0.2, 0.25) is 5.91 Å². The number of benzene rings is 2. The second kappa shape index (κ2) is 9.25. The minimum Gasteiger partial charge on any atom is -0.494 e. The molecule has 7 nitrogen and oxygen atoms in total. The number of thiazole rings is 1. The highest BCUT2D eigenvalue weighted by Crippen LogP contribution is 2.38. The fraction of sp³-hybridized carbons (Fsp3) is 0.364. The standard InChI is InChI=1S/C22H24ClN3O4S2/c1-15-3-5-16(6-4-15)32(28,29)14-9-19(27)25-10-12-26(13-11-25)22-24-20-18(30-2)8-7-17(23)21(20)31-22/h3-8H,9-14H2,1-2H3. The molecule has 0 radical (unpaired) electrons. The van der Waals surface area contributed by atoms with Crippen LogP contribution in [0.15, 0.2) is 41.3 Å². The van der Waals surface area contributed by atoms with Crippen molar-refractivity contribution in [3.05, 3.63) is 47.0 Å². The highest BCUT2D eigenvalue weighted by molar-refractivity contribution is 7.91. The molecule has 32 heavy (non-hydrogen) atoms. The summed E-state index contributed by atoms with van der Waals surface area (Å²) in [7, 11) is -1.88. The minimum absolute atomic E-state index is 0.0237. The number of nitrogens with zero attached hydrogens (tertiary/aromatic N) is 3. The molecule has 0 bridgehead atoms. The smallest absolute Gasteiger partial charge is 0.223 e. The Labute approximate surface area is 196 Å². The number of aromatic nitrogens is 1. The van der Waals surface area contributed by atoms with Crippen molar-refractivity contribution in [3.63, 3.8) is 0 Å². The summed E-state index contributed by atoms with van der Waals surface area (Å²) < 4.78 is 31.3. The van der Waals surface area contributed by atoms with Gasteiger partial charge >= 0.3 is 0 Å². The maximum atomic E-state index is 12.6. The zero-order valence-electron chi connectivity index (χ0n) is 17.9. The Morgan fingerprint density at radius 2 is 1.81 bits per heavy atom. The van der Waals surface area contributed by atoms with Crippen molar-refractivity contribution in [1.29, 1.82) is 0 Å². The van der Waals surface area contributed by atoms with Gasteiger partial charge in [-0.2, -0.15) is 0 Å². The van der Waals surface area contributed by atoms with E-state index in [0.29, 0.717) is 37.0 Å². The predicted molar refractivity (Wildman–Crippen MR) is 128 cm³/mol. The summed E-state index contributed by atoms with van der Waals surface area (Å²) in [6.45, 7) is 4.18. The lowest BCUT2D eigenvalue weighted by Crippen LogP contribution is -2.49. The number of piperazine rings is 1. The Bertz CT molecular complexity index is 1230. The van der Waals surface area contributed by atoms with E-state index in [1.54, 1.807) is 48.4 Å². The van der Waals surface area contributed by atoms with Crippen molar-refractivity contribution in [2.24, 2.45) is 0 Å². The van der Waals surface area contributed by atoms with Gasteiger partial charge in [0.1, 0.15) is 11.3 Å². The summed E-state index contributed by atoms with van der Waals surface area (Å²) in [5.41, 5.74) is 1.73. The average Bonchev–Trinajstić information content (AvgIpc) is 3.25. The van der Waals surface area contributed by atoms with E-state index in [1.165, 1.54) is 11.3 Å². The number of rotatable bonds is 6. The number of ether oxygens (including phenoxy) is 1. The summed E-state index contributed by atoms with van der Waals surface area (Å²) in [6, 6.07) is 10.3. The summed E-state index contributed by atoms with van der Waals surface area (Å²) in [6.07, 6.45) is -0.0237. The van der Waals surface area contributed by atoms with Crippen molar-refractivity contribution in [3.8, 4) is 5.75 Å². The molecule has 1 aliphatic rings. The number of hydrogen-bond donors (Lipinski definition) is 0. The number of aryl methyl sites for hydroxylation is 1. The van der Waals surface area contributed by atoms with E-state index in [0.717, 1.165) is 20.9 Å². The molecule has 10 heteroatoms. The minimum atomic E-state index is -3.48. The Morgan fingerprint density at radius 3 is 2.47 bits per heavy atom. The topological polar surface area (TPSA) is 79.8 Å². The van der Waals surface area contributed by atoms with Gasteiger partial charge in [-0.15, -0.1) is 0 Å². The molecule has 170 valence electrons. The number of carbonyl (C=O) groups is 1. The van der Waals surface area contributed by atoms with Crippen LogP contribution in [0.1, 0.15) is 12.0 Å². The van der Waals surface area contributed by atoms with Gasteiger partial charge < -0.3 is 14.5 Å². The first-order valence-electron chi connectivity index (χ1n) is 10.2. The molecule has 0 aliphatic carbocycles. The van der Waals surface area contributed by atoms with Crippen LogP contribution < -0.4 is 9.64 Å². The number of anilines is 1. The third-order valence-electron chi connectivity index (χ3n) is 5.53. The lowest BCUT2D eigenvalue weighted by atomic mass is 10.2. The zero-order chi connectivity index (χ0) is 22.9. The quantitative estimate of drug-likeness (QED) is 0.520. The third kappa shape index (κ3) is 4.69. The van der Waals surface area contributed by atoms with Crippen LogP contribution >= 0.6 is 22.9 Å². The lowest BCUT2D eigenvalue weighted by Gasteiger charge is -2.34. The Balaban J connectivity index is 1.36. The van der Waals surface area contributed by atoms with Crippen LogP contribution in [0.25, 0.3) is 10.2 Å². The van der Waals surface area contributed by atoms with E-state index in [1.807, 2.05) is 6.92 Å². The molecule has 0 N–H and O–H groups in total. The molecule has 4 rings (SSSR count). The van der Waals surface area contributed by atoms with Gasteiger partial charge in [0, 0.05) is 32.6 Å². The molecule has 1 aromatic heterocycles. The molecule has 1 fully saturated rings. The molecular formula is C22H24ClN3O4S2. The average molecular weight is 494 g/mol. The number of fused-ring (bicyclic) bond motifs is 1. The van der Waals surface area contributed by atoms with Gasteiger partial charge in [0.15, 0.2) is 15.0 Å². The first-order valence-corrected chi connectivity index (χ1v) is 13.1. The van der Waals surface area contributed by atoms with E-state index in [2.05, 4.69) is 4.90 Å². The fourth-order valence-corrected chi connectivity index (χ4v) is 6.17. The first kappa shape index (κ1) is 22.8. The number of amides is 1. The molecule has 2 aromatic carbocycles. The summed E-state index contributed by atoms with van der Waals surface area (Å²) in [5, 5.41) is 1.47. The van der Waals surface area contributed by atoms with Gasteiger partial charge in [-0.05, 0) is 31.2 Å². The van der Waals surface area contributed by atoms with E-state index in [-0.39, 0.29) is 23.0 Å². The molecular weight excluding hydrogens is 470 g/mol. The van der Waals surface area contributed by atoms with Crippen LogP contribution in [-0.2, 0) is 14.6 Å². The van der Waals surface area contributed by atoms with Gasteiger partial charge in [-0.1, -0.05) is 40.6 Å². The van der Waals surface area contributed by atoms with E-state index in [9.17, 15) is 13.2 Å². The molecule has 0 saturated carbocycles. The summed E-state index contributed by atoms with van der Waals surface area (Å²) >= 11 is 7.82. The van der Waals surface area contributed by atoms with Crippen molar-refractivity contribution in [1.82, 2.24) is 9.88 Å². The molecule has 1 amide bonds. The van der Waals surface area contributed by atoms with E-state index >= 15 is 0 Å². The molecule has 0 unspecified atom stereocenters. The Kier molecular flexibility index (Phi) is 6.60. The number of halogens is 1. The van der Waals surface area contributed by atoms with E-state index in [4.69, 9.17) is 21.3 Å². The van der Waals surface area contributed by atoms with Gasteiger partial charge in [0.25, 0.3) is 0 Å². The molecule has 0 spiro atoms. The Hall–Kier alpha value is -2.36. The van der Waals surface area contributed by atoms with Crippen LogP contribution in [0.2, 0.25) is 5.02 Å². The summed E-state index contributed by atoms with van der Waals surface area (Å²) in [5.74, 6) is 0.343. The van der Waals surface area contributed by atoms with Gasteiger partial charge in [-0.3, -0.25) is 4.79 Å². The highest BCUT2D eigenvalue weighted by Gasteiger charge is 2.25. The normalized spacial score (nSPS) is 14.7. The fourth-order valence-electron chi connectivity index (χ4n) is 3.63. The number of carbonyl (C=O) groups excluding carboxylic acids is 1. The number of hydrogen-bond acceptors (Lipinski definition) is 7. The predicted octanol–water partition coefficient (Wildman–Crippen LogP) is 3.78. The molecule has 1 aliphatic heterocycles. The second-order valence-corrected chi connectivity index (χ2v) is 11.2. The maximum Gasteiger partial charge on any atom is 0.223 e. The second-order valence-electron chi connectivity index (χ2n) is 7.67. The van der Waals surface area contributed by atoms with Crippen LogP contribution in [0, 0.1) is 6.92 Å². The largest absolute Gasteiger partial charge is 0.494 e. The van der Waals surface area contributed by atoms with Crippen LogP contribution in [0.3, 0.4) is 0 Å². The summed E-state index contributed by atoms with van der Waals surface area (Å²) in [4.78, 5) is 21.4. The maximum absolute atomic E-state index is 12.6. The van der Waals surface area contributed by atoms with Crippen molar-refractivity contribution in [2.75, 3.05) is 43.9 Å². The highest BCUT2D eigenvalue weighted by atomic mass is 35.5. The molecule has 1 saturated heterocycles. The number of methoxy groups -OCH3 is 1. The van der Waals surface area contributed by atoms with E-state index < -0.39 is 9.84 Å². The van der Waals surface area contributed by atoms with Crippen LogP contribution in [-0.4, -0.2) is 63.3 Å². The number of sulfone groups is 1. The third-order valence-corrected chi connectivity index (χ3v) is 8.84. The Morgan fingerprint density at radius 1 is 1.12 bits per heavy atom. The lowest BCUT2D eigenvalue weighted by molar-refractivity contribution is -0.131. The molecule has 3 aromatic rings. The molecule has 2 heterocycles.